The van der Waals surface area contributed by atoms with E-state index in [4.69, 9.17) is 9.47 Å². The highest BCUT2D eigenvalue weighted by Gasteiger charge is 2.47. The number of amides is 1. The lowest BCUT2D eigenvalue weighted by molar-refractivity contribution is -0.164. The van der Waals surface area contributed by atoms with Crippen molar-refractivity contribution in [2.75, 3.05) is 53.6 Å². The third-order valence-electron chi connectivity index (χ3n) is 4.39. The molecule has 116 valence electrons. The first-order valence-electron chi connectivity index (χ1n) is 7.69. The molecule has 1 amide bonds. The maximum absolute atomic E-state index is 12.3. The molecular formula is C15H28N2O3. The van der Waals surface area contributed by atoms with Gasteiger partial charge in [-0.2, -0.15) is 0 Å². The number of carbonyl (C=O) groups excluding carboxylic acids is 1. The molecule has 0 spiro atoms. The van der Waals surface area contributed by atoms with E-state index in [9.17, 15) is 4.79 Å². The topological polar surface area (TPSA) is 42.0 Å². The Balaban J connectivity index is 2.04. The van der Waals surface area contributed by atoms with E-state index in [0.29, 0.717) is 13.2 Å². The largest absolute Gasteiger partial charge is 0.381 e. The first kappa shape index (κ1) is 15.7. The second kappa shape index (κ2) is 6.87. The van der Waals surface area contributed by atoms with Crippen LogP contribution in [0.2, 0.25) is 0 Å². The predicted octanol–water partition coefficient (Wildman–Crippen LogP) is 0.982. The highest BCUT2D eigenvalue weighted by molar-refractivity contribution is 5.78. The SMILES string of the molecule is CCOCC12CCCOC1CCN(C(=O)CN(C)C)C2. The van der Waals surface area contributed by atoms with Crippen LogP contribution in [0, 0.1) is 5.41 Å². The van der Waals surface area contributed by atoms with Crippen LogP contribution in [0.4, 0.5) is 0 Å². The predicted molar refractivity (Wildman–Crippen MR) is 77.7 cm³/mol. The van der Waals surface area contributed by atoms with Gasteiger partial charge in [-0.25, -0.2) is 0 Å². The van der Waals surface area contributed by atoms with Crippen molar-refractivity contribution in [2.45, 2.75) is 32.3 Å². The van der Waals surface area contributed by atoms with Crippen molar-refractivity contribution in [2.24, 2.45) is 5.41 Å². The average molecular weight is 284 g/mol. The molecule has 0 aromatic heterocycles. The third-order valence-corrected chi connectivity index (χ3v) is 4.39. The molecule has 0 saturated carbocycles. The van der Waals surface area contributed by atoms with Gasteiger partial charge in [-0.15, -0.1) is 0 Å². The van der Waals surface area contributed by atoms with E-state index < -0.39 is 0 Å². The molecular weight excluding hydrogens is 256 g/mol. The molecule has 2 fully saturated rings. The zero-order valence-electron chi connectivity index (χ0n) is 13.1. The summed E-state index contributed by atoms with van der Waals surface area (Å²) in [7, 11) is 3.87. The Hall–Kier alpha value is -0.650. The second-order valence-corrected chi connectivity index (χ2v) is 6.30. The first-order valence-corrected chi connectivity index (χ1v) is 7.69. The number of hydrogen-bond acceptors (Lipinski definition) is 4. The minimum absolute atomic E-state index is 0.00842. The van der Waals surface area contributed by atoms with Crippen LogP contribution in [-0.4, -0.2) is 75.4 Å². The van der Waals surface area contributed by atoms with Gasteiger partial charge < -0.3 is 19.3 Å². The summed E-state index contributed by atoms with van der Waals surface area (Å²) in [5.74, 6) is 0.217. The molecule has 0 bridgehead atoms. The van der Waals surface area contributed by atoms with E-state index in [-0.39, 0.29) is 17.4 Å². The van der Waals surface area contributed by atoms with Crippen molar-refractivity contribution in [3.8, 4) is 0 Å². The van der Waals surface area contributed by atoms with Crippen LogP contribution in [0.1, 0.15) is 26.2 Å². The Kier molecular flexibility index (Phi) is 5.41. The Bertz CT molecular complexity index is 335. The van der Waals surface area contributed by atoms with Crippen molar-refractivity contribution in [3.05, 3.63) is 0 Å². The highest BCUT2D eigenvalue weighted by Crippen LogP contribution is 2.40. The summed E-state index contributed by atoms with van der Waals surface area (Å²) in [5.41, 5.74) is 0.00842. The average Bonchev–Trinajstić information content (AvgIpc) is 2.43. The van der Waals surface area contributed by atoms with Gasteiger partial charge in [0, 0.05) is 31.7 Å². The van der Waals surface area contributed by atoms with E-state index in [1.165, 1.54) is 0 Å². The number of piperidine rings is 1. The molecule has 0 aliphatic carbocycles. The minimum Gasteiger partial charge on any atom is -0.381 e. The van der Waals surface area contributed by atoms with Gasteiger partial charge in [0.1, 0.15) is 0 Å². The fourth-order valence-electron chi connectivity index (χ4n) is 3.39. The van der Waals surface area contributed by atoms with E-state index in [1.54, 1.807) is 0 Å². The van der Waals surface area contributed by atoms with Gasteiger partial charge >= 0.3 is 0 Å². The molecule has 5 nitrogen and oxygen atoms in total. The lowest BCUT2D eigenvalue weighted by atomic mass is 9.73. The number of fused-ring (bicyclic) bond motifs is 1. The van der Waals surface area contributed by atoms with E-state index in [1.807, 2.05) is 30.8 Å². The monoisotopic (exact) mass is 284 g/mol. The molecule has 5 heteroatoms. The van der Waals surface area contributed by atoms with Gasteiger partial charge in [-0.1, -0.05) is 0 Å². The summed E-state index contributed by atoms with van der Waals surface area (Å²) in [4.78, 5) is 16.2. The van der Waals surface area contributed by atoms with Gasteiger partial charge in [0.15, 0.2) is 0 Å². The van der Waals surface area contributed by atoms with Gasteiger partial charge in [-0.05, 0) is 40.3 Å². The van der Waals surface area contributed by atoms with Gasteiger partial charge in [-0.3, -0.25) is 4.79 Å². The lowest BCUT2D eigenvalue weighted by Crippen LogP contribution is -2.58. The summed E-state index contributed by atoms with van der Waals surface area (Å²) >= 11 is 0. The number of hydrogen-bond donors (Lipinski definition) is 0. The molecule has 0 aromatic rings. The van der Waals surface area contributed by atoms with Crippen molar-refractivity contribution < 1.29 is 14.3 Å². The smallest absolute Gasteiger partial charge is 0.236 e. The summed E-state index contributed by atoms with van der Waals surface area (Å²) in [6, 6.07) is 0. The standard InChI is InChI=1S/C15H28N2O3/c1-4-19-12-15-7-5-9-20-13(15)6-8-17(11-15)14(18)10-16(2)3/h13H,4-12H2,1-3H3. The molecule has 20 heavy (non-hydrogen) atoms. The summed E-state index contributed by atoms with van der Waals surface area (Å²) in [6.45, 7) is 6.38. The molecule has 2 aliphatic heterocycles. The molecule has 2 aliphatic rings. The lowest BCUT2D eigenvalue weighted by Gasteiger charge is -2.50. The fourth-order valence-corrected chi connectivity index (χ4v) is 3.39. The highest BCUT2D eigenvalue weighted by atomic mass is 16.5. The van der Waals surface area contributed by atoms with Crippen LogP contribution in [0.3, 0.4) is 0 Å². The Morgan fingerprint density at radius 2 is 2.30 bits per heavy atom. The number of carbonyl (C=O) groups is 1. The Morgan fingerprint density at radius 3 is 3.00 bits per heavy atom. The van der Waals surface area contributed by atoms with Crippen LogP contribution in [0.5, 0.6) is 0 Å². The Labute approximate surface area is 122 Å². The molecule has 0 N–H and O–H groups in total. The zero-order chi connectivity index (χ0) is 14.6. The Morgan fingerprint density at radius 1 is 1.50 bits per heavy atom. The van der Waals surface area contributed by atoms with Crippen molar-refractivity contribution in [1.82, 2.24) is 9.80 Å². The number of likely N-dealkylation sites (N-methyl/N-ethyl adjacent to an activating group) is 1. The van der Waals surface area contributed by atoms with Crippen molar-refractivity contribution >= 4 is 5.91 Å². The maximum Gasteiger partial charge on any atom is 0.236 e. The third kappa shape index (κ3) is 3.51. The molecule has 2 heterocycles. The van der Waals surface area contributed by atoms with Crippen LogP contribution >= 0.6 is 0 Å². The fraction of sp³-hybridized carbons (Fsp3) is 0.933. The minimum atomic E-state index is 0.00842. The van der Waals surface area contributed by atoms with E-state index in [2.05, 4.69) is 0 Å². The number of ether oxygens (including phenoxy) is 2. The normalized spacial score (nSPS) is 30.4. The van der Waals surface area contributed by atoms with Gasteiger partial charge in [0.2, 0.25) is 5.91 Å². The van der Waals surface area contributed by atoms with E-state index >= 15 is 0 Å². The van der Waals surface area contributed by atoms with Gasteiger partial charge in [0.25, 0.3) is 0 Å². The molecule has 2 atom stereocenters. The molecule has 0 aromatic carbocycles. The summed E-state index contributed by atoms with van der Waals surface area (Å²) in [5, 5.41) is 0. The summed E-state index contributed by atoms with van der Waals surface area (Å²) < 4.78 is 11.7. The molecule has 0 radical (unpaired) electrons. The molecule has 2 rings (SSSR count). The molecule has 2 unspecified atom stereocenters. The quantitative estimate of drug-likeness (QED) is 0.755. The summed E-state index contributed by atoms with van der Waals surface area (Å²) in [6.07, 6.45) is 3.36. The van der Waals surface area contributed by atoms with Crippen LogP contribution < -0.4 is 0 Å². The number of rotatable bonds is 5. The van der Waals surface area contributed by atoms with Crippen molar-refractivity contribution in [3.63, 3.8) is 0 Å². The van der Waals surface area contributed by atoms with Crippen LogP contribution in [0.15, 0.2) is 0 Å². The first-order chi connectivity index (χ1) is 9.57. The second-order valence-electron chi connectivity index (χ2n) is 6.30. The molecule has 2 saturated heterocycles. The van der Waals surface area contributed by atoms with Gasteiger partial charge in [0.05, 0.1) is 19.3 Å². The van der Waals surface area contributed by atoms with Crippen molar-refractivity contribution in [1.29, 1.82) is 0 Å². The van der Waals surface area contributed by atoms with E-state index in [0.717, 1.165) is 45.6 Å². The van der Waals surface area contributed by atoms with Crippen LogP contribution in [-0.2, 0) is 14.3 Å². The number of nitrogens with zero attached hydrogens (tertiary/aromatic N) is 2. The zero-order valence-corrected chi connectivity index (χ0v) is 13.1. The maximum atomic E-state index is 12.3. The van der Waals surface area contributed by atoms with Crippen LogP contribution in [0.25, 0.3) is 0 Å². The number of likely N-dealkylation sites (tertiary alicyclic amines) is 1.